The number of aromatic nitrogens is 2. The molecule has 0 spiro atoms. The number of hydrogen-bond donors (Lipinski definition) is 1. The molecule has 0 amide bonds. The van der Waals surface area contributed by atoms with Crippen molar-refractivity contribution in [2.24, 2.45) is 0 Å². The third-order valence-electron chi connectivity index (χ3n) is 2.78. The third-order valence-corrected chi connectivity index (χ3v) is 3.15. The highest BCUT2D eigenvalue weighted by atomic mass is 35.5. The molecule has 0 aliphatic heterocycles. The first-order valence-corrected chi connectivity index (χ1v) is 6.07. The summed E-state index contributed by atoms with van der Waals surface area (Å²) in [6.45, 7) is 0. The van der Waals surface area contributed by atoms with Gasteiger partial charge in [0.2, 0.25) is 5.75 Å². The summed E-state index contributed by atoms with van der Waals surface area (Å²) in [6, 6.07) is 3.51. The minimum Gasteiger partial charge on any atom is -0.493 e. The van der Waals surface area contributed by atoms with E-state index < -0.39 is 0 Å². The summed E-state index contributed by atoms with van der Waals surface area (Å²) in [5.41, 5.74) is 6.81. The van der Waals surface area contributed by atoms with E-state index in [0.29, 0.717) is 28.5 Å². The van der Waals surface area contributed by atoms with Crippen LogP contribution in [0.4, 0.5) is 5.82 Å². The smallest absolute Gasteiger partial charge is 0.203 e. The SMILES string of the molecule is COc1ccc(-c2ncnc(N)c2Cl)c(OC)c1OC. The Balaban J connectivity index is 2.71. The second-order valence-corrected chi connectivity index (χ2v) is 4.18. The maximum Gasteiger partial charge on any atom is 0.203 e. The molecule has 0 atom stereocenters. The van der Waals surface area contributed by atoms with Crippen molar-refractivity contribution in [3.63, 3.8) is 0 Å². The van der Waals surface area contributed by atoms with Crippen LogP contribution in [-0.4, -0.2) is 31.3 Å². The molecule has 1 aromatic carbocycles. The van der Waals surface area contributed by atoms with Gasteiger partial charge in [-0.2, -0.15) is 0 Å². The van der Waals surface area contributed by atoms with Crippen LogP contribution in [0.2, 0.25) is 5.02 Å². The Kier molecular flexibility index (Phi) is 4.14. The van der Waals surface area contributed by atoms with Crippen molar-refractivity contribution in [1.82, 2.24) is 9.97 Å². The first kappa shape index (κ1) is 14.2. The molecular weight excluding hydrogens is 282 g/mol. The Morgan fingerprint density at radius 2 is 1.70 bits per heavy atom. The van der Waals surface area contributed by atoms with E-state index in [9.17, 15) is 0 Å². The van der Waals surface area contributed by atoms with E-state index >= 15 is 0 Å². The van der Waals surface area contributed by atoms with Gasteiger partial charge in [0, 0.05) is 5.56 Å². The van der Waals surface area contributed by atoms with Crippen LogP contribution in [-0.2, 0) is 0 Å². The summed E-state index contributed by atoms with van der Waals surface area (Å²) < 4.78 is 15.9. The van der Waals surface area contributed by atoms with Gasteiger partial charge in [0.15, 0.2) is 11.5 Å². The second kappa shape index (κ2) is 5.83. The van der Waals surface area contributed by atoms with Crippen LogP contribution < -0.4 is 19.9 Å². The van der Waals surface area contributed by atoms with E-state index in [1.54, 1.807) is 19.2 Å². The normalized spacial score (nSPS) is 10.2. The van der Waals surface area contributed by atoms with Gasteiger partial charge in [-0.1, -0.05) is 11.6 Å². The van der Waals surface area contributed by atoms with Crippen LogP contribution in [0.3, 0.4) is 0 Å². The summed E-state index contributed by atoms with van der Waals surface area (Å²) in [7, 11) is 4.60. The van der Waals surface area contributed by atoms with Crippen molar-refractivity contribution >= 4 is 17.4 Å². The quantitative estimate of drug-likeness (QED) is 0.933. The third kappa shape index (κ3) is 2.30. The summed E-state index contributed by atoms with van der Waals surface area (Å²) in [5, 5.41) is 0.262. The molecule has 0 saturated carbocycles. The van der Waals surface area contributed by atoms with Gasteiger partial charge in [0.25, 0.3) is 0 Å². The van der Waals surface area contributed by atoms with Gasteiger partial charge in [-0.25, -0.2) is 9.97 Å². The number of benzene rings is 1. The van der Waals surface area contributed by atoms with E-state index in [0.717, 1.165) is 0 Å². The zero-order valence-corrected chi connectivity index (χ0v) is 12.1. The van der Waals surface area contributed by atoms with E-state index in [2.05, 4.69) is 9.97 Å². The number of methoxy groups -OCH3 is 3. The molecule has 0 aliphatic rings. The van der Waals surface area contributed by atoms with Crippen molar-refractivity contribution in [1.29, 1.82) is 0 Å². The van der Waals surface area contributed by atoms with Crippen molar-refractivity contribution in [2.45, 2.75) is 0 Å². The molecule has 1 heterocycles. The lowest BCUT2D eigenvalue weighted by Gasteiger charge is -2.16. The van der Waals surface area contributed by atoms with Crippen LogP contribution in [0.5, 0.6) is 17.2 Å². The van der Waals surface area contributed by atoms with E-state index in [1.807, 2.05) is 0 Å². The molecule has 0 saturated heterocycles. The highest BCUT2D eigenvalue weighted by Crippen LogP contribution is 2.45. The summed E-state index contributed by atoms with van der Waals surface area (Å²) in [4.78, 5) is 7.98. The maximum atomic E-state index is 6.15. The van der Waals surface area contributed by atoms with Gasteiger partial charge in [0.05, 0.1) is 27.0 Å². The molecule has 106 valence electrons. The summed E-state index contributed by atoms with van der Waals surface area (Å²) >= 11 is 6.15. The number of ether oxygens (including phenoxy) is 3. The fourth-order valence-corrected chi connectivity index (χ4v) is 2.06. The number of halogens is 1. The van der Waals surface area contributed by atoms with Crippen LogP contribution in [0, 0.1) is 0 Å². The van der Waals surface area contributed by atoms with E-state index in [-0.39, 0.29) is 10.8 Å². The van der Waals surface area contributed by atoms with E-state index in [1.165, 1.54) is 20.5 Å². The molecule has 0 unspecified atom stereocenters. The topological polar surface area (TPSA) is 79.5 Å². The number of hydrogen-bond acceptors (Lipinski definition) is 6. The fraction of sp³-hybridized carbons (Fsp3) is 0.231. The summed E-state index contributed by atoms with van der Waals surface area (Å²) in [6.07, 6.45) is 1.34. The Hall–Kier alpha value is -2.21. The molecule has 0 aliphatic carbocycles. The molecule has 0 bridgehead atoms. The lowest BCUT2D eigenvalue weighted by molar-refractivity contribution is 0.325. The van der Waals surface area contributed by atoms with Gasteiger partial charge in [0.1, 0.15) is 17.2 Å². The molecule has 0 radical (unpaired) electrons. The molecule has 20 heavy (non-hydrogen) atoms. The maximum absolute atomic E-state index is 6.15. The molecule has 6 nitrogen and oxygen atoms in total. The second-order valence-electron chi connectivity index (χ2n) is 3.80. The Morgan fingerprint density at radius 3 is 2.30 bits per heavy atom. The Morgan fingerprint density at radius 1 is 1.00 bits per heavy atom. The first-order valence-electron chi connectivity index (χ1n) is 5.69. The lowest BCUT2D eigenvalue weighted by atomic mass is 10.1. The predicted octanol–water partition coefficient (Wildman–Crippen LogP) is 2.41. The highest BCUT2D eigenvalue weighted by molar-refractivity contribution is 6.35. The minimum atomic E-state index is 0.202. The molecule has 2 N–H and O–H groups in total. The molecular formula is C13H14ClN3O3. The average Bonchev–Trinajstić information content (AvgIpc) is 2.48. The van der Waals surface area contributed by atoms with Gasteiger partial charge < -0.3 is 19.9 Å². The van der Waals surface area contributed by atoms with E-state index in [4.69, 9.17) is 31.5 Å². The number of nitrogens with zero attached hydrogens (tertiary/aromatic N) is 2. The van der Waals surface area contributed by atoms with Crippen molar-refractivity contribution < 1.29 is 14.2 Å². The minimum absolute atomic E-state index is 0.202. The first-order chi connectivity index (χ1) is 9.63. The van der Waals surface area contributed by atoms with Crippen molar-refractivity contribution in [2.75, 3.05) is 27.1 Å². The van der Waals surface area contributed by atoms with Gasteiger partial charge in [-0.15, -0.1) is 0 Å². The fourth-order valence-electron chi connectivity index (χ4n) is 1.86. The Bertz CT molecular complexity index is 634. The predicted molar refractivity (Wildman–Crippen MR) is 76.5 cm³/mol. The number of rotatable bonds is 4. The number of anilines is 1. The zero-order valence-electron chi connectivity index (χ0n) is 11.3. The largest absolute Gasteiger partial charge is 0.493 e. The van der Waals surface area contributed by atoms with Crippen LogP contribution in [0.15, 0.2) is 18.5 Å². The molecule has 2 aromatic rings. The van der Waals surface area contributed by atoms with Crippen LogP contribution in [0.25, 0.3) is 11.3 Å². The number of nitrogen functional groups attached to an aromatic ring is 1. The van der Waals surface area contributed by atoms with Crippen molar-refractivity contribution in [3.8, 4) is 28.5 Å². The molecule has 1 aromatic heterocycles. The highest BCUT2D eigenvalue weighted by Gasteiger charge is 2.20. The summed E-state index contributed by atoms with van der Waals surface area (Å²) in [5.74, 6) is 1.67. The number of nitrogens with two attached hydrogens (primary N) is 1. The molecule has 2 rings (SSSR count). The van der Waals surface area contributed by atoms with Gasteiger partial charge in [-0.3, -0.25) is 0 Å². The molecule has 0 fully saturated rings. The zero-order chi connectivity index (χ0) is 14.7. The average molecular weight is 296 g/mol. The van der Waals surface area contributed by atoms with Crippen LogP contribution in [0.1, 0.15) is 0 Å². The van der Waals surface area contributed by atoms with Gasteiger partial charge in [-0.05, 0) is 12.1 Å². The Labute approximate surface area is 121 Å². The lowest BCUT2D eigenvalue weighted by Crippen LogP contribution is -2.00. The van der Waals surface area contributed by atoms with Gasteiger partial charge >= 0.3 is 0 Å². The monoisotopic (exact) mass is 295 g/mol. The van der Waals surface area contributed by atoms with Crippen molar-refractivity contribution in [3.05, 3.63) is 23.5 Å². The standard InChI is InChI=1S/C13H14ClN3O3/c1-18-8-5-4-7(11(19-2)12(8)20-3)10-9(14)13(15)17-6-16-10/h4-6H,1-3H3,(H2,15,16,17). The van der Waals surface area contributed by atoms with Crippen LogP contribution >= 0.6 is 11.6 Å². The molecule has 7 heteroatoms.